The minimum Gasteiger partial charge on any atom is -0.497 e. The van der Waals surface area contributed by atoms with Crippen LogP contribution in [-0.2, 0) is 14.3 Å². The van der Waals surface area contributed by atoms with Gasteiger partial charge in [0.05, 0.1) is 31.8 Å². The van der Waals surface area contributed by atoms with E-state index in [1.807, 2.05) is 0 Å². The first-order valence-electron chi connectivity index (χ1n) is 11.1. The Hall–Kier alpha value is -3.08. The van der Waals surface area contributed by atoms with Crippen molar-refractivity contribution in [1.29, 1.82) is 0 Å². The molecule has 1 N–H and O–H groups in total. The van der Waals surface area contributed by atoms with Crippen LogP contribution in [0.25, 0.3) is 6.08 Å². The van der Waals surface area contributed by atoms with Crippen molar-refractivity contribution in [2.45, 2.75) is 18.9 Å². The lowest BCUT2D eigenvalue weighted by molar-refractivity contribution is -0.123. The van der Waals surface area contributed by atoms with E-state index in [9.17, 15) is 9.59 Å². The molecule has 0 saturated carbocycles. The fourth-order valence-corrected chi connectivity index (χ4v) is 5.01. The number of nitrogens with zero attached hydrogens (tertiary/aromatic N) is 1. The van der Waals surface area contributed by atoms with Crippen LogP contribution >= 0.6 is 24.0 Å². The molecule has 2 aromatic rings. The van der Waals surface area contributed by atoms with Crippen molar-refractivity contribution in [2.75, 3.05) is 39.3 Å². The van der Waals surface area contributed by atoms with Gasteiger partial charge in [0.25, 0.3) is 11.8 Å². The van der Waals surface area contributed by atoms with Crippen molar-refractivity contribution < 1.29 is 28.5 Å². The summed E-state index contributed by atoms with van der Waals surface area (Å²) in [5, 5.41) is 2.76. The molecule has 2 saturated heterocycles. The Bertz CT molecular complexity index is 1150. The molecule has 35 heavy (non-hydrogen) atoms. The zero-order valence-corrected chi connectivity index (χ0v) is 21.1. The second-order valence-corrected chi connectivity index (χ2v) is 9.58. The number of carbonyl (C=O) groups excluding carboxylic acids is 2. The highest BCUT2D eigenvalue weighted by Gasteiger charge is 2.34. The quantitative estimate of drug-likeness (QED) is 0.395. The topological polar surface area (TPSA) is 86.3 Å². The van der Waals surface area contributed by atoms with E-state index in [0.717, 1.165) is 25.0 Å². The Balaban J connectivity index is 1.38. The molecule has 184 valence electrons. The van der Waals surface area contributed by atoms with Crippen molar-refractivity contribution in [3.05, 3.63) is 52.9 Å². The summed E-state index contributed by atoms with van der Waals surface area (Å²) in [5.41, 5.74) is 1.37. The molecule has 1 atom stereocenters. The number of methoxy groups -OCH3 is 2. The highest BCUT2D eigenvalue weighted by molar-refractivity contribution is 8.26. The van der Waals surface area contributed by atoms with Gasteiger partial charge in [-0.1, -0.05) is 36.1 Å². The summed E-state index contributed by atoms with van der Waals surface area (Å²) >= 11 is 6.69. The van der Waals surface area contributed by atoms with E-state index in [1.165, 1.54) is 18.9 Å². The first-order valence-corrected chi connectivity index (χ1v) is 12.3. The summed E-state index contributed by atoms with van der Waals surface area (Å²) in [6.07, 6.45) is 3.75. The summed E-state index contributed by atoms with van der Waals surface area (Å²) in [4.78, 5) is 27.3. The summed E-state index contributed by atoms with van der Waals surface area (Å²) in [6, 6.07) is 12.3. The molecule has 10 heteroatoms. The number of nitrogens with one attached hydrogen (secondary N) is 1. The van der Waals surface area contributed by atoms with Crippen molar-refractivity contribution >= 4 is 51.9 Å². The molecule has 0 bridgehead atoms. The van der Waals surface area contributed by atoms with Gasteiger partial charge in [-0.3, -0.25) is 14.5 Å². The lowest BCUT2D eigenvalue weighted by Crippen LogP contribution is -2.35. The molecule has 0 aromatic heterocycles. The monoisotopic (exact) mass is 514 g/mol. The van der Waals surface area contributed by atoms with Gasteiger partial charge in [-0.05, 0) is 48.7 Å². The van der Waals surface area contributed by atoms with Crippen LogP contribution in [0.5, 0.6) is 17.2 Å². The number of hydrogen-bond donors (Lipinski definition) is 1. The van der Waals surface area contributed by atoms with Crippen LogP contribution in [0.4, 0.5) is 5.69 Å². The second kappa shape index (κ2) is 11.6. The third kappa shape index (κ3) is 6.33. The Morgan fingerprint density at radius 2 is 2.09 bits per heavy atom. The van der Waals surface area contributed by atoms with Crippen LogP contribution in [0.15, 0.2) is 47.4 Å². The Morgan fingerprint density at radius 3 is 2.83 bits per heavy atom. The van der Waals surface area contributed by atoms with Crippen LogP contribution in [0.2, 0.25) is 0 Å². The minimum absolute atomic E-state index is 0.0366. The van der Waals surface area contributed by atoms with Gasteiger partial charge in [0, 0.05) is 18.4 Å². The van der Waals surface area contributed by atoms with E-state index in [1.54, 1.807) is 60.6 Å². The van der Waals surface area contributed by atoms with E-state index >= 15 is 0 Å². The molecule has 8 nitrogen and oxygen atoms in total. The van der Waals surface area contributed by atoms with E-state index < -0.39 is 0 Å². The first kappa shape index (κ1) is 25.0. The summed E-state index contributed by atoms with van der Waals surface area (Å²) < 4.78 is 22.5. The molecule has 2 amide bonds. The molecular formula is C25H26N2O6S2. The lowest BCUT2D eigenvalue weighted by atomic mass is 10.1. The predicted molar refractivity (Wildman–Crippen MR) is 139 cm³/mol. The standard InChI is InChI=1S/C25H26N2O6S2/c1-30-18-6-3-5-17(13-18)26-23(28)15-33-20-9-8-16(11-21(20)31-2)12-22-24(29)27(25(34)35-22)14-19-7-4-10-32-19/h3,5-6,8-9,11-13,19H,4,7,10,14-15H2,1-2H3,(H,26,28)/b22-12-/t19-/m1/s1. The molecule has 0 spiro atoms. The Labute approximate surface area is 213 Å². The zero-order valence-electron chi connectivity index (χ0n) is 19.4. The van der Waals surface area contributed by atoms with Gasteiger partial charge >= 0.3 is 0 Å². The van der Waals surface area contributed by atoms with Crippen molar-refractivity contribution in [3.8, 4) is 17.2 Å². The maximum atomic E-state index is 12.9. The third-order valence-electron chi connectivity index (χ3n) is 5.48. The Morgan fingerprint density at radius 1 is 1.23 bits per heavy atom. The maximum absolute atomic E-state index is 12.9. The van der Waals surface area contributed by atoms with Crippen molar-refractivity contribution in [3.63, 3.8) is 0 Å². The molecule has 2 heterocycles. The van der Waals surface area contributed by atoms with Crippen LogP contribution < -0.4 is 19.5 Å². The molecular weight excluding hydrogens is 488 g/mol. The average molecular weight is 515 g/mol. The van der Waals surface area contributed by atoms with E-state index in [2.05, 4.69) is 5.32 Å². The molecule has 2 aromatic carbocycles. The molecule has 2 fully saturated rings. The number of anilines is 1. The highest BCUT2D eigenvalue weighted by atomic mass is 32.2. The molecule has 0 unspecified atom stereocenters. The summed E-state index contributed by atoms with van der Waals surface area (Å²) in [6.45, 7) is 1.01. The number of thiocarbonyl (C=S) groups is 1. The normalized spacial score (nSPS) is 18.7. The van der Waals surface area contributed by atoms with Crippen LogP contribution in [0.3, 0.4) is 0 Å². The molecule has 2 aliphatic rings. The van der Waals surface area contributed by atoms with Crippen molar-refractivity contribution in [1.82, 2.24) is 4.90 Å². The highest BCUT2D eigenvalue weighted by Crippen LogP contribution is 2.35. The minimum atomic E-state index is -0.320. The smallest absolute Gasteiger partial charge is 0.266 e. The van der Waals surface area contributed by atoms with Gasteiger partial charge in [0.2, 0.25) is 0 Å². The molecule has 2 aliphatic heterocycles. The number of amides is 2. The van der Waals surface area contributed by atoms with Gasteiger partial charge < -0.3 is 24.3 Å². The van der Waals surface area contributed by atoms with Crippen LogP contribution in [0, 0.1) is 0 Å². The fourth-order valence-electron chi connectivity index (χ4n) is 3.74. The number of ether oxygens (including phenoxy) is 4. The number of carbonyl (C=O) groups is 2. The van der Waals surface area contributed by atoms with E-state index in [-0.39, 0.29) is 24.5 Å². The number of hydrogen-bond acceptors (Lipinski definition) is 8. The first-order chi connectivity index (χ1) is 17.0. The fraction of sp³-hybridized carbons (Fsp3) is 0.320. The molecule has 0 aliphatic carbocycles. The van der Waals surface area contributed by atoms with Crippen LogP contribution in [-0.4, -0.2) is 61.1 Å². The number of thioether (sulfide) groups is 1. The van der Waals surface area contributed by atoms with Gasteiger partial charge in [0.1, 0.15) is 10.1 Å². The largest absolute Gasteiger partial charge is 0.497 e. The zero-order chi connectivity index (χ0) is 24.8. The van der Waals surface area contributed by atoms with Crippen molar-refractivity contribution in [2.24, 2.45) is 0 Å². The van der Waals surface area contributed by atoms with E-state index in [4.69, 9.17) is 31.2 Å². The van der Waals surface area contributed by atoms with E-state index in [0.29, 0.717) is 38.7 Å². The average Bonchev–Trinajstić information content (AvgIpc) is 3.47. The summed E-state index contributed by atoms with van der Waals surface area (Å²) in [7, 11) is 3.08. The lowest BCUT2D eigenvalue weighted by Gasteiger charge is -2.18. The number of rotatable bonds is 9. The Kier molecular flexibility index (Phi) is 8.27. The van der Waals surface area contributed by atoms with Gasteiger partial charge in [-0.2, -0.15) is 0 Å². The second-order valence-electron chi connectivity index (χ2n) is 7.91. The third-order valence-corrected chi connectivity index (χ3v) is 6.86. The SMILES string of the molecule is COc1cccc(NC(=O)COc2ccc(/C=C3\SC(=S)N(C[C@H]4CCCO4)C3=O)cc2OC)c1. The van der Waals surface area contributed by atoms with Gasteiger partial charge in [-0.15, -0.1) is 0 Å². The summed E-state index contributed by atoms with van der Waals surface area (Å²) in [5.74, 6) is 1.06. The maximum Gasteiger partial charge on any atom is 0.266 e. The molecule has 4 rings (SSSR count). The van der Waals surface area contributed by atoms with Gasteiger partial charge in [-0.25, -0.2) is 0 Å². The molecule has 0 radical (unpaired) electrons. The predicted octanol–water partition coefficient (Wildman–Crippen LogP) is 4.10. The van der Waals surface area contributed by atoms with Gasteiger partial charge in [0.15, 0.2) is 18.1 Å². The van der Waals surface area contributed by atoms with Crippen LogP contribution in [0.1, 0.15) is 18.4 Å². The number of benzene rings is 2.